The van der Waals surface area contributed by atoms with Gasteiger partial charge in [0.1, 0.15) is 0 Å². The summed E-state index contributed by atoms with van der Waals surface area (Å²) in [6.07, 6.45) is 0. The van der Waals surface area contributed by atoms with Crippen molar-refractivity contribution in [2.45, 2.75) is 0 Å². The first-order valence-electron chi connectivity index (χ1n) is 18.8. The molecule has 10 aromatic rings. The zero-order chi connectivity index (χ0) is 37.3. The lowest BCUT2D eigenvalue weighted by Crippen LogP contribution is -1.96. The monoisotopic (exact) mass is 714 g/mol. The fourth-order valence-corrected chi connectivity index (χ4v) is 7.41. The highest BCUT2D eigenvalue weighted by Crippen LogP contribution is 2.38. The number of benzene rings is 7. The summed E-state index contributed by atoms with van der Waals surface area (Å²) in [5, 5.41) is 2.09. The molecule has 0 N–H and O–H groups in total. The van der Waals surface area contributed by atoms with Crippen LogP contribution < -0.4 is 0 Å². The van der Waals surface area contributed by atoms with E-state index in [0.29, 0.717) is 5.82 Å². The van der Waals surface area contributed by atoms with Gasteiger partial charge in [-0.3, -0.25) is 0 Å². The van der Waals surface area contributed by atoms with Gasteiger partial charge in [0.15, 0.2) is 5.82 Å². The molecule has 0 aliphatic heterocycles. The van der Waals surface area contributed by atoms with Crippen LogP contribution in [0, 0.1) is 0 Å². The SMILES string of the molecule is c1ccc(-c2ccc(-c3cc(-c4cccc(-c5cc(-c6ccccc6)nc6c5ccc5ccc(-c7ccccc7)nc56)c4)nc(-c4ccccc4)n3)cc2)cc1. The molecular formula is C52H34N4. The van der Waals surface area contributed by atoms with Crippen LogP contribution in [0.4, 0.5) is 0 Å². The minimum atomic E-state index is 0.683. The van der Waals surface area contributed by atoms with Crippen LogP contribution in [0.15, 0.2) is 206 Å². The van der Waals surface area contributed by atoms with Crippen LogP contribution >= 0.6 is 0 Å². The highest BCUT2D eigenvalue weighted by atomic mass is 14.9. The Morgan fingerprint density at radius 1 is 0.250 bits per heavy atom. The van der Waals surface area contributed by atoms with E-state index in [1.54, 1.807) is 0 Å². The molecule has 0 amide bonds. The molecule has 3 heterocycles. The van der Waals surface area contributed by atoms with Crippen LogP contribution in [0.25, 0.3) is 100 Å². The Morgan fingerprint density at radius 2 is 0.714 bits per heavy atom. The van der Waals surface area contributed by atoms with Crippen LogP contribution in [0.3, 0.4) is 0 Å². The maximum absolute atomic E-state index is 5.31. The average molecular weight is 715 g/mol. The van der Waals surface area contributed by atoms with Crippen molar-refractivity contribution in [2.24, 2.45) is 0 Å². The topological polar surface area (TPSA) is 51.6 Å². The smallest absolute Gasteiger partial charge is 0.160 e. The Labute approximate surface area is 325 Å². The molecule has 10 rings (SSSR count). The van der Waals surface area contributed by atoms with Gasteiger partial charge in [-0.25, -0.2) is 19.9 Å². The molecule has 0 aliphatic carbocycles. The van der Waals surface area contributed by atoms with Gasteiger partial charge in [-0.1, -0.05) is 182 Å². The minimum absolute atomic E-state index is 0.683. The third-order valence-corrected chi connectivity index (χ3v) is 10.3. The molecule has 0 atom stereocenters. The van der Waals surface area contributed by atoms with E-state index >= 15 is 0 Å². The maximum atomic E-state index is 5.31. The van der Waals surface area contributed by atoms with Crippen molar-refractivity contribution in [3.8, 4) is 78.7 Å². The number of hydrogen-bond acceptors (Lipinski definition) is 4. The molecule has 0 spiro atoms. The van der Waals surface area contributed by atoms with Crippen LogP contribution in [0.2, 0.25) is 0 Å². The van der Waals surface area contributed by atoms with Gasteiger partial charge in [0.05, 0.1) is 33.8 Å². The number of rotatable bonds is 7. The molecule has 3 aromatic heterocycles. The summed E-state index contributed by atoms with van der Waals surface area (Å²) in [4.78, 5) is 20.8. The van der Waals surface area contributed by atoms with Crippen molar-refractivity contribution < 1.29 is 0 Å². The Bertz CT molecular complexity index is 2980. The van der Waals surface area contributed by atoms with Gasteiger partial charge >= 0.3 is 0 Å². The molecule has 4 heteroatoms. The van der Waals surface area contributed by atoms with Crippen LogP contribution in [0.5, 0.6) is 0 Å². The lowest BCUT2D eigenvalue weighted by molar-refractivity contribution is 1.18. The summed E-state index contributed by atoms with van der Waals surface area (Å²) in [7, 11) is 0. The number of pyridine rings is 2. The van der Waals surface area contributed by atoms with Crippen molar-refractivity contribution in [1.82, 2.24) is 19.9 Å². The molecule has 7 aromatic carbocycles. The first kappa shape index (κ1) is 33.0. The van der Waals surface area contributed by atoms with Crippen molar-refractivity contribution >= 4 is 21.8 Å². The second-order valence-corrected chi connectivity index (χ2v) is 13.9. The summed E-state index contributed by atoms with van der Waals surface area (Å²) in [5.74, 6) is 0.683. The normalized spacial score (nSPS) is 11.2. The summed E-state index contributed by atoms with van der Waals surface area (Å²) >= 11 is 0. The average Bonchev–Trinajstić information content (AvgIpc) is 3.29. The van der Waals surface area contributed by atoms with E-state index < -0.39 is 0 Å². The molecule has 0 unspecified atom stereocenters. The van der Waals surface area contributed by atoms with Crippen molar-refractivity contribution in [3.05, 3.63) is 206 Å². The van der Waals surface area contributed by atoms with E-state index in [4.69, 9.17) is 19.9 Å². The second kappa shape index (κ2) is 14.3. The molecule has 0 saturated carbocycles. The van der Waals surface area contributed by atoms with Gasteiger partial charge < -0.3 is 0 Å². The number of nitrogens with zero attached hydrogens (tertiary/aromatic N) is 4. The first-order valence-corrected chi connectivity index (χ1v) is 18.8. The van der Waals surface area contributed by atoms with Crippen molar-refractivity contribution in [2.75, 3.05) is 0 Å². The minimum Gasteiger partial charge on any atom is -0.245 e. The molecule has 0 radical (unpaired) electrons. The van der Waals surface area contributed by atoms with Gasteiger partial charge in [0.2, 0.25) is 0 Å². The van der Waals surface area contributed by atoms with Gasteiger partial charge in [-0.2, -0.15) is 0 Å². The van der Waals surface area contributed by atoms with E-state index in [9.17, 15) is 0 Å². The van der Waals surface area contributed by atoms with E-state index in [0.717, 1.165) is 83.5 Å². The van der Waals surface area contributed by atoms with Gasteiger partial charge in [0, 0.05) is 38.6 Å². The number of aromatic nitrogens is 4. The largest absolute Gasteiger partial charge is 0.245 e. The first-order chi connectivity index (χ1) is 27.7. The van der Waals surface area contributed by atoms with E-state index in [2.05, 4.69) is 158 Å². The predicted molar refractivity (Wildman–Crippen MR) is 231 cm³/mol. The summed E-state index contributed by atoms with van der Waals surface area (Å²) < 4.78 is 0. The maximum Gasteiger partial charge on any atom is 0.160 e. The molecule has 0 fully saturated rings. The summed E-state index contributed by atoms with van der Waals surface area (Å²) in [6.45, 7) is 0. The quantitative estimate of drug-likeness (QED) is 0.154. The lowest BCUT2D eigenvalue weighted by atomic mass is 9.95. The Kier molecular flexibility index (Phi) is 8.47. The van der Waals surface area contributed by atoms with Crippen molar-refractivity contribution in [3.63, 3.8) is 0 Å². The lowest BCUT2D eigenvalue weighted by Gasteiger charge is -2.14. The molecular weight excluding hydrogens is 681 g/mol. The van der Waals surface area contributed by atoms with Crippen molar-refractivity contribution in [1.29, 1.82) is 0 Å². The third-order valence-electron chi connectivity index (χ3n) is 10.3. The molecule has 4 nitrogen and oxygen atoms in total. The number of hydrogen-bond donors (Lipinski definition) is 0. The molecule has 0 bridgehead atoms. The third kappa shape index (κ3) is 6.40. The van der Waals surface area contributed by atoms with Gasteiger partial charge in [0.25, 0.3) is 0 Å². The van der Waals surface area contributed by atoms with E-state index in [-0.39, 0.29) is 0 Å². The Morgan fingerprint density at radius 3 is 1.39 bits per heavy atom. The fourth-order valence-electron chi connectivity index (χ4n) is 7.41. The van der Waals surface area contributed by atoms with E-state index in [1.165, 1.54) is 11.1 Å². The molecule has 262 valence electrons. The Balaban J connectivity index is 1.14. The fraction of sp³-hybridized carbons (Fsp3) is 0. The molecule has 56 heavy (non-hydrogen) atoms. The Hall–Kier alpha value is -7.56. The number of fused-ring (bicyclic) bond motifs is 3. The second-order valence-electron chi connectivity index (χ2n) is 13.9. The molecule has 0 aliphatic rings. The van der Waals surface area contributed by atoms with Gasteiger partial charge in [-0.15, -0.1) is 0 Å². The molecule has 0 saturated heterocycles. The van der Waals surface area contributed by atoms with Crippen LogP contribution in [-0.4, -0.2) is 19.9 Å². The van der Waals surface area contributed by atoms with Crippen LogP contribution in [0.1, 0.15) is 0 Å². The van der Waals surface area contributed by atoms with Gasteiger partial charge in [-0.05, 0) is 46.5 Å². The predicted octanol–water partition coefficient (Wildman–Crippen LogP) is 13.2. The summed E-state index contributed by atoms with van der Waals surface area (Å²) in [5.41, 5.74) is 14.9. The summed E-state index contributed by atoms with van der Waals surface area (Å²) in [6, 6.07) is 71.5. The highest BCUT2D eigenvalue weighted by Gasteiger charge is 2.16. The zero-order valence-corrected chi connectivity index (χ0v) is 30.4. The highest BCUT2D eigenvalue weighted by molar-refractivity contribution is 6.10. The standard InChI is InChI=1S/C52H34N4/c1-5-14-35(15-6-1)36-24-26-39(27-25-36)48-34-49(56-52(55-48)41-20-11-4-12-21-41)43-23-13-22-42(32-43)45-33-47(38-18-9-3-10-19-38)54-51-44(45)30-28-40-29-31-46(53-50(40)51)37-16-7-2-8-17-37/h1-34H. The zero-order valence-electron chi connectivity index (χ0n) is 30.4. The van der Waals surface area contributed by atoms with Crippen LogP contribution in [-0.2, 0) is 0 Å². The van der Waals surface area contributed by atoms with E-state index in [1.807, 2.05) is 48.5 Å².